The van der Waals surface area contributed by atoms with Gasteiger partial charge in [-0.1, -0.05) is 19.1 Å². The number of ether oxygens (including phenoxy) is 2. The molecule has 0 aliphatic heterocycles. The van der Waals surface area contributed by atoms with Crippen LogP contribution in [0.3, 0.4) is 0 Å². The van der Waals surface area contributed by atoms with Crippen molar-refractivity contribution in [1.82, 2.24) is 0 Å². The number of halogens is 1. The summed E-state index contributed by atoms with van der Waals surface area (Å²) in [5.41, 5.74) is 4.41. The molecule has 5 heteroatoms. The molecule has 0 radical (unpaired) electrons. The minimum Gasteiger partial charge on any atom is -0.489 e. The number of hydrogen-bond acceptors (Lipinski definition) is 3. The highest BCUT2D eigenvalue weighted by Gasteiger charge is 2.08. The largest absolute Gasteiger partial charge is 0.489 e. The van der Waals surface area contributed by atoms with Gasteiger partial charge in [-0.3, -0.25) is 0 Å². The van der Waals surface area contributed by atoms with Gasteiger partial charge in [0.05, 0.1) is 7.11 Å². The van der Waals surface area contributed by atoms with E-state index in [0.717, 1.165) is 32.6 Å². The molecule has 0 saturated heterocycles. The third-order valence-corrected chi connectivity index (χ3v) is 4.46. The molecule has 1 N–H and O–H groups in total. The van der Waals surface area contributed by atoms with Crippen molar-refractivity contribution in [2.24, 2.45) is 0 Å². The van der Waals surface area contributed by atoms with E-state index >= 15 is 0 Å². The molecule has 0 spiro atoms. The Morgan fingerprint density at radius 2 is 2.00 bits per heavy atom. The quantitative estimate of drug-likeness (QED) is 0.518. The number of aryl methyl sites for hydroxylation is 2. The first-order valence-electron chi connectivity index (χ1n) is 7.39. The summed E-state index contributed by atoms with van der Waals surface area (Å²) in [7, 11) is 1.55. The van der Waals surface area contributed by atoms with Gasteiger partial charge in [-0.15, -0.1) is 0 Å². The van der Waals surface area contributed by atoms with Crippen LogP contribution in [-0.2, 0) is 17.8 Å². The van der Waals surface area contributed by atoms with Gasteiger partial charge >= 0.3 is 0 Å². The molecule has 2 aromatic rings. The van der Waals surface area contributed by atoms with E-state index in [0.29, 0.717) is 11.8 Å². The molecule has 3 nitrogen and oxygen atoms in total. The van der Waals surface area contributed by atoms with E-state index in [2.05, 4.69) is 60.0 Å². The van der Waals surface area contributed by atoms with Crippen LogP contribution in [0.4, 0.5) is 5.69 Å². The number of nitrogens with one attached hydrogen (secondary N) is 1. The van der Waals surface area contributed by atoms with Crippen LogP contribution in [0.5, 0.6) is 5.75 Å². The zero-order chi connectivity index (χ0) is 16.8. The predicted molar refractivity (Wildman–Crippen MR) is 107 cm³/mol. The highest BCUT2D eigenvalue weighted by Crippen LogP contribution is 2.24. The summed E-state index contributed by atoms with van der Waals surface area (Å²) in [4.78, 5) is 0. The van der Waals surface area contributed by atoms with Crippen molar-refractivity contribution >= 4 is 45.7 Å². The number of anilines is 1. The molecule has 2 rings (SSSR count). The highest BCUT2D eigenvalue weighted by atomic mass is 127. The molecule has 0 bridgehead atoms. The molecule has 0 amide bonds. The average molecular weight is 441 g/mol. The Morgan fingerprint density at radius 1 is 1.22 bits per heavy atom. The fourth-order valence-electron chi connectivity index (χ4n) is 2.21. The SMILES string of the molecule is CCc1ccc(OCc2cc(I)ccc2NC(=S)OC)c(C)c1. The molecule has 0 atom stereocenters. The molecular weight excluding hydrogens is 421 g/mol. The van der Waals surface area contributed by atoms with E-state index < -0.39 is 0 Å². The zero-order valence-corrected chi connectivity index (χ0v) is 16.5. The van der Waals surface area contributed by atoms with Crippen molar-refractivity contribution in [2.75, 3.05) is 12.4 Å². The van der Waals surface area contributed by atoms with E-state index in [9.17, 15) is 0 Å². The van der Waals surface area contributed by atoms with Gasteiger partial charge in [0.25, 0.3) is 5.17 Å². The summed E-state index contributed by atoms with van der Waals surface area (Å²) < 4.78 is 12.2. The first-order chi connectivity index (χ1) is 11.0. The third kappa shape index (κ3) is 5.07. The van der Waals surface area contributed by atoms with Crippen LogP contribution in [0.15, 0.2) is 36.4 Å². The van der Waals surface area contributed by atoms with Gasteiger partial charge in [0.15, 0.2) is 0 Å². The Balaban J connectivity index is 2.16. The number of thiocarbonyl (C=S) groups is 1. The van der Waals surface area contributed by atoms with Crippen molar-refractivity contribution in [3.63, 3.8) is 0 Å². The Bertz CT molecular complexity index is 703. The Labute approximate surface area is 156 Å². The lowest BCUT2D eigenvalue weighted by molar-refractivity contribution is 0.304. The Kier molecular flexibility index (Phi) is 6.65. The van der Waals surface area contributed by atoms with Crippen molar-refractivity contribution in [2.45, 2.75) is 26.9 Å². The number of methoxy groups -OCH3 is 1. The monoisotopic (exact) mass is 441 g/mol. The van der Waals surface area contributed by atoms with Crippen LogP contribution in [0.25, 0.3) is 0 Å². The van der Waals surface area contributed by atoms with Gasteiger partial charge in [-0.2, -0.15) is 0 Å². The lowest BCUT2D eigenvalue weighted by atomic mass is 10.1. The second kappa shape index (κ2) is 8.49. The second-order valence-electron chi connectivity index (χ2n) is 5.16. The van der Waals surface area contributed by atoms with E-state index in [1.54, 1.807) is 7.11 Å². The lowest BCUT2D eigenvalue weighted by Gasteiger charge is -2.15. The van der Waals surface area contributed by atoms with Crippen LogP contribution in [-0.4, -0.2) is 12.3 Å². The van der Waals surface area contributed by atoms with E-state index in [1.807, 2.05) is 18.2 Å². The zero-order valence-electron chi connectivity index (χ0n) is 13.5. The van der Waals surface area contributed by atoms with Crippen LogP contribution in [0.2, 0.25) is 0 Å². The molecule has 23 heavy (non-hydrogen) atoms. The molecule has 122 valence electrons. The summed E-state index contributed by atoms with van der Waals surface area (Å²) in [6, 6.07) is 12.4. The van der Waals surface area contributed by atoms with Crippen molar-refractivity contribution in [1.29, 1.82) is 0 Å². The highest BCUT2D eigenvalue weighted by molar-refractivity contribution is 14.1. The number of benzene rings is 2. The molecule has 0 aromatic heterocycles. The molecular formula is C18H20INO2S. The van der Waals surface area contributed by atoms with Gasteiger partial charge < -0.3 is 14.8 Å². The second-order valence-corrected chi connectivity index (χ2v) is 6.78. The maximum atomic E-state index is 6.01. The standard InChI is InChI=1S/C18H20INO2S/c1-4-13-5-8-17(12(2)9-13)22-11-14-10-15(19)6-7-16(14)20-18(23)21-3/h5-10H,4,11H2,1-3H3,(H,20,23). The molecule has 0 saturated carbocycles. The van der Waals surface area contributed by atoms with Gasteiger partial charge in [0, 0.05) is 14.8 Å². The summed E-state index contributed by atoms with van der Waals surface area (Å²) in [5.74, 6) is 0.904. The number of hydrogen-bond donors (Lipinski definition) is 1. The first-order valence-corrected chi connectivity index (χ1v) is 8.88. The lowest BCUT2D eigenvalue weighted by Crippen LogP contribution is -2.13. The molecule has 0 heterocycles. The number of rotatable bonds is 5. The molecule has 0 aliphatic rings. The van der Waals surface area contributed by atoms with Crippen LogP contribution >= 0.6 is 34.8 Å². The van der Waals surface area contributed by atoms with E-state index in [1.165, 1.54) is 5.56 Å². The van der Waals surface area contributed by atoms with Crippen molar-refractivity contribution in [3.05, 3.63) is 56.7 Å². The van der Waals surface area contributed by atoms with E-state index in [4.69, 9.17) is 21.7 Å². The van der Waals surface area contributed by atoms with Gasteiger partial charge in [0.1, 0.15) is 12.4 Å². The summed E-state index contributed by atoms with van der Waals surface area (Å²) in [6.45, 7) is 4.69. The molecule has 0 fully saturated rings. The smallest absolute Gasteiger partial charge is 0.260 e. The normalized spacial score (nSPS) is 10.3. The maximum Gasteiger partial charge on any atom is 0.260 e. The van der Waals surface area contributed by atoms with Crippen LogP contribution < -0.4 is 10.1 Å². The third-order valence-electron chi connectivity index (χ3n) is 3.52. The summed E-state index contributed by atoms with van der Waals surface area (Å²) in [6.07, 6.45) is 1.03. The maximum absolute atomic E-state index is 6.01. The van der Waals surface area contributed by atoms with Crippen molar-refractivity contribution < 1.29 is 9.47 Å². The van der Waals surface area contributed by atoms with Gasteiger partial charge in [-0.25, -0.2) is 0 Å². The molecule has 0 aliphatic carbocycles. The fraction of sp³-hybridized carbons (Fsp3) is 0.278. The molecule has 2 aromatic carbocycles. The average Bonchev–Trinajstić information content (AvgIpc) is 2.55. The Hall–Kier alpha value is -1.34. The van der Waals surface area contributed by atoms with Gasteiger partial charge in [0.2, 0.25) is 0 Å². The first kappa shape index (κ1) is 18.0. The van der Waals surface area contributed by atoms with Crippen molar-refractivity contribution in [3.8, 4) is 5.75 Å². The van der Waals surface area contributed by atoms with E-state index in [-0.39, 0.29) is 0 Å². The Morgan fingerprint density at radius 3 is 2.65 bits per heavy atom. The van der Waals surface area contributed by atoms with Crippen LogP contribution in [0, 0.1) is 10.5 Å². The summed E-state index contributed by atoms with van der Waals surface area (Å²) in [5, 5.41) is 3.43. The van der Waals surface area contributed by atoms with Crippen LogP contribution in [0.1, 0.15) is 23.6 Å². The predicted octanol–water partition coefficient (Wildman–Crippen LogP) is 5.08. The fourth-order valence-corrected chi connectivity index (χ4v) is 2.88. The topological polar surface area (TPSA) is 30.5 Å². The van der Waals surface area contributed by atoms with Gasteiger partial charge in [-0.05, 0) is 83.5 Å². The minimum atomic E-state index is 0.343. The minimum absolute atomic E-state index is 0.343. The molecule has 0 unspecified atom stereocenters. The summed E-state index contributed by atoms with van der Waals surface area (Å²) >= 11 is 7.37.